The highest BCUT2D eigenvalue weighted by Gasteiger charge is 2.30. The zero-order chi connectivity index (χ0) is 14.0. The predicted molar refractivity (Wildman–Crippen MR) is 72.0 cm³/mol. The van der Waals surface area contributed by atoms with Crippen LogP contribution in [0.5, 0.6) is 5.75 Å². The van der Waals surface area contributed by atoms with Crippen LogP contribution in [0.4, 0.5) is 0 Å². The normalized spacial score (nSPS) is 22.2. The number of amides is 1. The zero-order valence-corrected chi connectivity index (χ0v) is 11.7. The number of hydrogen-bond donors (Lipinski definition) is 3. The molecule has 1 aromatic rings. The van der Waals surface area contributed by atoms with E-state index in [0.29, 0.717) is 29.3 Å². The molecule has 0 radical (unpaired) electrons. The third kappa shape index (κ3) is 3.26. The van der Waals surface area contributed by atoms with E-state index < -0.39 is 5.97 Å². The van der Waals surface area contributed by atoms with Crippen LogP contribution in [0.1, 0.15) is 29.6 Å². The van der Waals surface area contributed by atoms with Gasteiger partial charge in [0.2, 0.25) is 0 Å². The second kappa shape index (κ2) is 5.61. The van der Waals surface area contributed by atoms with Crippen LogP contribution >= 0.6 is 15.9 Å². The number of carboxylic acid groups (broad SMARTS) is 1. The quantitative estimate of drug-likeness (QED) is 0.793. The summed E-state index contributed by atoms with van der Waals surface area (Å²) in [6.45, 7) is 0. The van der Waals surface area contributed by atoms with Crippen LogP contribution in [0, 0.1) is 5.92 Å². The van der Waals surface area contributed by atoms with E-state index >= 15 is 0 Å². The third-order valence-electron chi connectivity index (χ3n) is 3.33. The average Bonchev–Trinajstić information content (AvgIpc) is 2.81. The maximum Gasteiger partial charge on any atom is 0.306 e. The highest BCUT2D eigenvalue weighted by molar-refractivity contribution is 9.10. The second-order valence-corrected chi connectivity index (χ2v) is 5.54. The predicted octanol–water partition coefficient (Wildman–Crippen LogP) is 2.14. The van der Waals surface area contributed by atoms with E-state index in [1.807, 2.05) is 0 Å². The second-order valence-electron chi connectivity index (χ2n) is 4.68. The number of hydrogen-bond acceptors (Lipinski definition) is 3. The van der Waals surface area contributed by atoms with Crippen molar-refractivity contribution in [3.63, 3.8) is 0 Å². The molecule has 0 unspecified atom stereocenters. The summed E-state index contributed by atoms with van der Waals surface area (Å²) in [5.41, 5.74) is 0.361. The van der Waals surface area contributed by atoms with Crippen LogP contribution < -0.4 is 5.32 Å². The van der Waals surface area contributed by atoms with Crippen LogP contribution in [0.15, 0.2) is 22.7 Å². The molecule has 6 heteroatoms. The molecule has 1 saturated carbocycles. The van der Waals surface area contributed by atoms with Crippen molar-refractivity contribution < 1.29 is 19.8 Å². The van der Waals surface area contributed by atoms with E-state index in [0.717, 1.165) is 0 Å². The summed E-state index contributed by atoms with van der Waals surface area (Å²) >= 11 is 3.14. The van der Waals surface area contributed by atoms with Gasteiger partial charge in [-0.2, -0.15) is 0 Å². The molecule has 0 bridgehead atoms. The van der Waals surface area contributed by atoms with Gasteiger partial charge in [-0.1, -0.05) is 0 Å². The van der Waals surface area contributed by atoms with Crippen LogP contribution in [-0.2, 0) is 4.79 Å². The number of aliphatic carboxylic acids is 1. The van der Waals surface area contributed by atoms with Gasteiger partial charge in [-0.3, -0.25) is 9.59 Å². The minimum Gasteiger partial charge on any atom is -0.507 e. The molecule has 0 aliphatic heterocycles. The van der Waals surface area contributed by atoms with Gasteiger partial charge in [-0.05, 0) is 53.4 Å². The van der Waals surface area contributed by atoms with Crippen molar-refractivity contribution in [2.75, 3.05) is 0 Å². The summed E-state index contributed by atoms with van der Waals surface area (Å²) in [7, 11) is 0. The van der Waals surface area contributed by atoms with Gasteiger partial charge in [0.25, 0.3) is 5.91 Å². The van der Waals surface area contributed by atoms with Gasteiger partial charge >= 0.3 is 5.97 Å². The number of rotatable bonds is 3. The molecule has 1 amide bonds. The Bertz CT molecular complexity index is 517. The molecular weight excluding hydrogens is 314 g/mol. The highest BCUT2D eigenvalue weighted by Crippen LogP contribution is 2.27. The summed E-state index contributed by atoms with van der Waals surface area (Å²) in [6, 6.07) is 4.46. The summed E-state index contributed by atoms with van der Waals surface area (Å²) in [4.78, 5) is 22.8. The van der Waals surface area contributed by atoms with E-state index in [9.17, 15) is 14.7 Å². The number of carbonyl (C=O) groups is 2. The van der Waals surface area contributed by atoms with Gasteiger partial charge in [0.15, 0.2) is 0 Å². The number of carboxylic acids is 1. The fraction of sp³-hybridized carbons (Fsp3) is 0.385. The van der Waals surface area contributed by atoms with Crippen molar-refractivity contribution in [3.8, 4) is 5.75 Å². The standard InChI is InChI=1S/C13H14BrNO4/c14-10-4-2-7(6-11(10)16)12(17)15-9-3-1-8(5-9)13(18)19/h2,4,6,8-9,16H,1,3,5H2,(H,15,17)(H,18,19)/t8-,9+/m1/s1. The lowest BCUT2D eigenvalue weighted by atomic mass is 10.1. The van der Waals surface area contributed by atoms with Crippen molar-refractivity contribution >= 4 is 27.8 Å². The molecule has 0 heterocycles. The lowest BCUT2D eigenvalue weighted by Crippen LogP contribution is -2.33. The van der Waals surface area contributed by atoms with Gasteiger partial charge in [-0.15, -0.1) is 0 Å². The molecule has 3 N–H and O–H groups in total. The molecule has 1 aliphatic carbocycles. The van der Waals surface area contributed by atoms with Crippen LogP contribution in [0.25, 0.3) is 0 Å². The number of phenolic OH excluding ortho intramolecular Hbond substituents is 1. The van der Waals surface area contributed by atoms with Crippen LogP contribution in [0.2, 0.25) is 0 Å². The first-order valence-electron chi connectivity index (χ1n) is 5.99. The molecular formula is C13H14BrNO4. The molecule has 2 rings (SSSR count). The Morgan fingerprint density at radius 1 is 1.32 bits per heavy atom. The first-order valence-corrected chi connectivity index (χ1v) is 6.79. The first kappa shape index (κ1) is 13.9. The number of nitrogens with one attached hydrogen (secondary N) is 1. The molecule has 0 saturated heterocycles. The molecule has 0 aromatic heterocycles. The number of benzene rings is 1. The minimum absolute atomic E-state index is 0.00230. The van der Waals surface area contributed by atoms with Gasteiger partial charge in [0.05, 0.1) is 10.4 Å². The van der Waals surface area contributed by atoms with Gasteiger partial charge in [0, 0.05) is 11.6 Å². The lowest BCUT2D eigenvalue weighted by molar-refractivity contribution is -0.141. The Kier molecular flexibility index (Phi) is 4.09. The molecule has 1 aromatic carbocycles. The van der Waals surface area contributed by atoms with Crippen molar-refractivity contribution in [1.82, 2.24) is 5.32 Å². The van der Waals surface area contributed by atoms with E-state index in [1.165, 1.54) is 6.07 Å². The molecule has 0 spiro atoms. The van der Waals surface area contributed by atoms with Crippen molar-refractivity contribution in [2.45, 2.75) is 25.3 Å². The van der Waals surface area contributed by atoms with E-state index in [-0.39, 0.29) is 23.6 Å². The number of phenols is 1. The SMILES string of the molecule is O=C(N[C@H]1CC[C@@H](C(=O)O)C1)c1ccc(Br)c(O)c1. The Labute approximate surface area is 118 Å². The molecule has 2 atom stereocenters. The molecule has 19 heavy (non-hydrogen) atoms. The number of carbonyl (C=O) groups excluding carboxylic acids is 1. The highest BCUT2D eigenvalue weighted by atomic mass is 79.9. The average molecular weight is 328 g/mol. The fourth-order valence-corrected chi connectivity index (χ4v) is 2.51. The largest absolute Gasteiger partial charge is 0.507 e. The van der Waals surface area contributed by atoms with Gasteiger partial charge in [0.1, 0.15) is 5.75 Å². The molecule has 1 fully saturated rings. The Morgan fingerprint density at radius 3 is 2.63 bits per heavy atom. The zero-order valence-electron chi connectivity index (χ0n) is 10.1. The summed E-state index contributed by atoms with van der Waals surface area (Å²) in [6.07, 6.45) is 1.72. The maximum absolute atomic E-state index is 12.0. The summed E-state index contributed by atoms with van der Waals surface area (Å²) in [5, 5.41) is 21.2. The first-order chi connectivity index (χ1) is 8.97. The summed E-state index contributed by atoms with van der Waals surface area (Å²) < 4.78 is 0.524. The van der Waals surface area contributed by atoms with Crippen molar-refractivity contribution in [1.29, 1.82) is 0 Å². The number of aromatic hydroxyl groups is 1. The van der Waals surface area contributed by atoms with Gasteiger partial charge < -0.3 is 15.5 Å². The minimum atomic E-state index is -0.807. The fourth-order valence-electron chi connectivity index (χ4n) is 2.26. The molecule has 5 nitrogen and oxygen atoms in total. The monoisotopic (exact) mass is 327 g/mol. The molecule has 1 aliphatic rings. The third-order valence-corrected chi connectivity index (χ3v) is 4.00. The van der Waals surface area contributed by atoms with Gasteiger partial charge in [-0.25, -0.2) is 0 Å². The van der Waals surface area contributed by atoms with E-state index in [2.05, 4.69) is 21.2 Å². The lowest BCUT2D eigenvalue weighted by Gasteiger charge is -2.12. The maximum atomic E-state index is 12.0. The van der Waals surface area contributed by atoms with E-state index in [4.69, 9.17) is 5.11 Å². The smallest absolute Gasteiger partial charge is 0.306 e. The number of halogens is 1. The van der Waals surface area contributed by atoms with E-state index in [1.54, 1.807) is 12.1 Å². The van der Waals surface area contributed by atoms with Crippen LogP contribution in [0.3, 0.4) is 0 Å². The Hall–Kier alpha value is -1.56. The Balaban J connectivity index is 1.98. The van der Waals surface area contributed by atoms with Crippen molar-refractivity contribution in [2.24, 2.45) is 5.92 Å². The van der Waals surface area contributed by atoms with Crippen LogP contribution in [-0.4, -0.2) is 28.1 Å². The Morgan fingerprint density at radius 2 is 2.05 bits per heavy atom. The molecule has 102 valence electrons. The topological polar surface area (TPSA) is 86.6 Å². The summed E-state index contributed by atoms with van der Waals surface area (Å²) in [5.74, 6) is -1.47. The van der Waals surface area contributed by atoms with Crippen molar-refractivity contribution in [3.05, 3.63) is 28.2 Å².